The first-order chi connectivity index (χ1) is 8.79. The molecule has 1 rings (SSSR count). The number of carboxylic acid groups (broad SMARTS) is 1. The summed E-state index contributed by atoms with van der Waals surface area (Å²) in [6, 6.07) is 4.13. The minimum absolute atomic E-state index is 0.0890. The molecule has 1 unspecified atom stereocenters. The molecule has 0 spiro atoms. The van der Waals surface area contributed by atoms with E-state index in [0.717, 1.165) is 0 Å². The quantitative estimate of drug-likeness (QED) is 0.823. The number of carbonyl (C=O) groups is 1. The Morgan fingerprint density at radius 1 is 1.47 bits per heavy atom. The van der Waals surface area contributed by atoms with Gasteiger partial charge in [-0.3, -0.25) is 0 Å². The number of halogens is 2. The van der Waals surface area contributed by atoms with E-state index >= 15 is 0 Å². The molecule has 0 fully saturated rings. The van der Waals surface area contributed by atoms with Crippen LogP contribution in [0.3, 0.4) is 0 Å². The van der Waals surface area contributed by atoms with Crippen molar-refractivity contribution in [3.8, 4) is 0 Å². The van der Waals surface area contributed by atoms with Crippen molar-refractivity contribution >= 4 is 39.2 Å². The topological polar surface area (TPSA) is 92.7 Å². The van der Waals surface area contributed by atoms with Gasteiger partial charge in [-0.25, -0.2) is 17.9 Å². The largest absolute Gasteiger partial charge is 0.479 e. The number of hydrogen-bond donors (Lipinski definition) is 2. The van der Waals surface area contributed by atoms with Crippen LogP contribution in [0.1, 0.15) is 0 Å². The molecule has 0 saturated carbocycles. The maximum Gasteiger partial charge on any atom is 0.334 e. The summed E-state index contributed by atoms with van der Waals surface area (Å²) in [6.07, 6.45) is -1.28. The van der Waals surface area contributed by atoms with Gasteiger partial charge in [-0.1, -0.05) is 29.3 Å². The van der Waals surface area contributed by atoms with Crippen LogP contribution in [0.25, 0.3) is 0 Å². The molecular formula is C10H11Cl2NO5S. The Bertz CT molecular complexity index is 575. The van der Waals surface area contributed by atoms with Gasteiger partial charge in [-0.05, 0) is 12.1 Å². The molecule has 9 heteroatoms. The number of nitrogens with one attached hydrogen (secondary N) is 1. The number of hydrogen-bond acceptors (Lipinski definition) is 4. The third-order valence-corrected chi connectivity index (χ3v) is 4.62. The number of carboxylic acids is 1. The fourth-order valence-electron chi connectivity index (χ4n) is 1.23. The highest BCUT2D eigenvalue weighted by Crippen LogP contribution is 2.28. The summed E-state index contributed by atoms with van der Waals surface area (Å²) in [5, 5.41) is 8.70. The van der Waals surface area contributed by atoms with E-state index in [0.29, 0.717) is 0 Å². The number of aliphatic carboxylic acids is 1. The van der Waals surface area contributed by atoms with Gasteiger partial charge in [0.05, 0.1) is 10.0 Å². The van der Waals surface area contributed by atoms with Crippen molar-refractivity contribution in [3.05, 3.63) is 28.2 Å². The molecule has 0 aliphatic heterocycles. The normalized spacial score (nSPS) is 13.2. The lowest BCUT2D eigenvalue weighted by Crippen LogP contribution is -2.37. The first kappa shape index (κ1) is 16.2. The molecule has 0 radical (unpaired) electrons. The van der Waals surface area contributed by atoms with Crippen molar-refractivity contribution in [1.82, 2.24) is 4.72 Å². The predicted molar refractivity (Wildman–Crippen MR) is 70.1 cm³/mol. The number of ether oxygens (including phenoxy) is 1. The summed E-state index contributed by atoms with van der Waals surface area (Å²) >= 11 is 11.5. The lowest BCUT2D eigenvalue weighted by atomic mass is 10.4. The highest BCUT2D eigenvalue weighted by molar-refractivity contribution is 7.89. The first-order valence-corrected chi connectivity index (χ1v) is 7.22. The van der Waals surface area contributed by atoms with Crippen molar-refractivity contribution in [2.24, 2.45) is 0 Å². The average Bonchev–Trinajstić information content (AvgIpc) is 2.32. The van der Waals surface area contributed by atoms with Gasteiger partial charge in [0.15, 0.2) is 6.10 Å². The number of benzene rings is 1. The van der Waals surface area contributed by atoms with E-state index in [9.17, 15) is 13.2 Å². The van der Waals surface area contributed by atoms with Crippen LogP contribution in [0, 0.1) is 0 Å². The van der Waals surface area contributed by atoms with Gasteiger partial charge in [0.1, 0.15) is 4.90 Å². The van der Waals surface area contributed by atoms with Crippen LogP contribution in [-0.2, 0) is 19.6 Å². The zero-order valence-corrected chi connectivity index (χ0v) is 12.1. The van der Waals surface area contributed by atoms with Gasteiger partial charge in [0, 0.05) is 13.7 Å². The molecule has 2 N–H and O–H groups in total. The Morgan fingerprint density at radius 3 is 2.63 bits per heavy atom. The molecule has 0 aliphatic carbocycles. The van der Waals surface area contributed by atoms with Crippen LogP contribution in [0.5, 0.6) is 0 Å². The zero-order chi connectivity index (χ0) is 14.6. The van der Waals surface area contributed by atoms with Crippen LogP contribution in [-0.4, -0.2) is 39.3 Å². The fraction of sp³-hybridized carbons (Fsp3) is 0.300. The summed E-state index contributed by atoms with van der Waals surface area (Å²) in [5.74, 6) is -1.28. The molecule has 106 valence electrons. The predicted octanol–water partition coefficient (Wildman–Crippen LogP) is 1.37. The Hall–Kier alpha value is -0.860. The smallest absolute Gasteiger partial charge is 0.334 e. The van der Waals surface area contributed by atoms with Crippen molar-refractivity contribution < 1.29 is 23.1 Å². The molecule has 0 bridgehead atoms. The Kier molecular flexibility index (Phi) is 5.57. The lowest BCUT2D eigenvalue weighted by Gasteiger charge is -2.13. The zero-order valence-electron chi connectivity index (χ0n) is 9.76. The van der Waals surface area contributed by atoms with Crippen molar-refractivity contribution in [3.63, 3.8) is 0 Å². The molecule has 19 heavy (non-hydrogen) atoms. The Morgan fingerprint density at radius 2 is 2.11 bits per heavy atom. The fourth-order valence-corrected chi connectivity index (χ4v) is 3.02. The van der Waals surface area contributed by atoms with E-state index in [1.165, 1.54) is 25.3 Å². The van der Waals surface area contributed by atoms with Crippen molar-refractivity contribution in [2.75, 3.05) is 13.7 Å². The molecule has 0 aliphatic rings. The molecule has 1 atom stereocenters. The minimum atomic E-state index is -3.96. The van der Waals surface area contributed by atoms with Crippen LogP contribution in [0.4, 0.5) is 0 Å². The monoisotopic (exact) mass is 327 g/mol. The van der Waals surface area contributed by atoms with Crippen molar-refractivity contribution in [1.29, 1.82) is 0 Å². The minimum Gasteiger partial charge on any atom is -0.479 e. The molecule has 0 heterocycles. The second kappa shape index (κ2) is 6.53. The van der Waals surface area contributed by atoms with Gasteiger partial charge in [-0.2, -0.15) is 0 Å². The SMILES string of the molecule is COC(CNS(=O)(=O)c1cccc(Cl)c1Cl)C(=O)O. The van der Waals surface area contributed by atoms with E-state index in [1.807, 2.05) is 0 Å². The summed E-state index contributed by atoms with van der Waals surface area (Å²) in [4.78, 5) is 10.5. The van der Waals surface area contributed by atoms with E-state index in [1.54, 1.807) is 0 Å². The van der Waals surface area contributed by atoms with E-state index in [2.05, 4.69) is 9.46 Å². The van der Waals surface area contributed by atoms with Gasteiger partial charge in [0.2, 0.25) is 10.0 Å². The lowest BCUT2D eigenvalue weighted by molar-refractivity contribution is -0.147. The molecule has 1 aromatic rings. The summed E-state index contributed by atoms with van der Waals surface area (Å²) in [6.45, 7) is -0.420. The van der Waals surface area contributed by atoms with Crippen LogP contribution in [0.2, 0.25) is 10.0 Å². The van der Waals surface area contributed by atoms with E-state index in [-0.39, 0.29) is 14.9 Å². The molecule has 6 nitrogen and oxygen atoms in total. The van der Waals surface area contributed by atoms with E-state index in [4.69, 9.17) is 28.3 Å². The molecule has 0 amide bonds. The summed E-state index contributed by atoms with van der Waals surface area (Å²) in [5.41, 5.74) is 0. The number of methoxy groups -OCH3 is 1. The van der Waals surface area contributed by atoms with Crippen molar-refractivity contribution in [2.45, 2.75) is 11.0 Å². The van der Waals surface area contributed by atoms with Gasteiger partial charge < -0.3 is 9.84 Å². The molecule has 0 aromatic heterocycles. The third-order valence-electron chi connectivity index (χ3n) is 2.22. The van der Waals surface area contributed by atoms with Gasteiger partial charge >= 0.3 is 5.97 Å². The van der Waals surface area contributed by atoms with Gasteiger partial charge in [0.25, 0.3) is 0 Å². The third kappa shape index (κ3) is 4.05. The van der Waals surface area contributed by atoms with Gasteiger partial charge in [-0.15, -0.1) is 0 Å². The summed E-state index contributed by atoms with van der Waals surface area (Å²) in [7, 11) is -2.80. The van der Waals surface area contributed by atoms with Crippen LogP contribution in [0.15, 0.2) is 23.1 Å². The average molecular weight is 328 g/mol. The van der Waals surface area contributed by atoms with Crippen LogP contribution < -0.4 is 4.72 Å². The number of rotatable bonds is 6. The molecule has 1 aromatic carbocycles. The standard InChI is InChI=1S/C10H11Cl2NO5S/c1-18-7(10(14)15)5-13-19(16,17)8-4-2-3-6(11)9(8)12/h2-4,7,13H,5H2,1H3,(H,14,15). The first-order valence-electron chi connectivity index (χ1n) is 4.99. The second-order valence-corrected chi connectivity index (χ2v) is 5.99. The summed E-state index contributed by atoms with van der Waals surface area (Å²) < 4.78 is 30.6. The van der Waals surface area contributed by atoms with Crippen LogP contribution >= 0.6 is 23.2 Å². The van der Waals surface area contributed by atoms with E-state index < -0.39 is 28.6 Å². The molecular weight excluding hydrogens is 317 g/mol. The Balaban J connectivity index is 2.93. The maximum absolute atomic E-state index is 11.9. The highest BCUT2D eigenvalue weighted by Gasteiger charge is 2.23. The second-order valence-electron chi connectivity index (χ2n) is 3.47. The Labute approximate surface area is 120 Å². The molecule has 0 saturated heterocycles. The maximum atomic E-state index is 11.9. The highest BCUT2D eigenvalue weighted by atomic mass is 35.5. The number of sulfonamides is 1.